The van der Waals surface area contributed by atoms with Gasteiger partial charge in [0, 0.05) is 54.7 Å². The number of aliphatic carboxylic acids is 1. The summed E-state index contributed by atoms with van der Waals surface area (Å²) in [5.74, 6) is -0.180. The van der Waals surface area contributed by atoms with Crippen LogP contribution in [0.2, 0.25) is 0 Å². The molecular formula is C43H50N6O11. The van der Waals surface area contributed by atoms with Crippen LogP contribution in [0.4, 0.5) is 27.8 Å². The third kappa shape index (κ3) is 11.9. The van der Waals surface area contributed by atoms with Gasteiger partial charge in [0.15, 0.2) is 5.75 Å². The number of anilines is 4. The fourth-order valence-corrected chi connectivity index (χ4v) is 5.96. The molecule has 318 valence electrons. The van der Waals surface area contributed by atoms with E-state index in [0.717, 1.165) is 0 Å². The SMILES string of the molecule is COCCOCCOCCOc1cc(Nc2nccc(Oc3cc(N(C(N)=O)c4cc(C(C)(C)C)cc(C(=O)NCC(=O)O)c4OC)c4ccccc4c3)n2)cc(OC)c1. The number of urea groups is 1. The Morgan fingerprint density at radius 3 is 2.20 bits per heavy atom. The molecule has 0 radical (unpaired) electrons. The highest BCUT2D eigenvalue weighted by Gasteiger charge is 2.29. The molecule has 0 bridgehead atoms. The number of carboxylic acids is 1. The summed E-state index contributed by atoms with van der Waals surface area (Å²) in [7, 11) is 4.51. The highest BCUT2D eigenvalue weighted by Crippen LogP contribution is 2.44. The number of amides is 3. The standard InChI is InChI=1S/C43H50N6O11/c1-43(2,3)28-20-34(40(52)46-26-38(50)51)39(56-6)36(21-28)49(41(44)53)35-25-32(19-27-9-7-8-10-33(27)35)60-37-11-12-45-42(48-37)47-29-22-30(55-5)24-31(23-29)59-18-17-58-16-15-57-14-13-54-4/h7-12,19-25H,13-18,26H2,1-6H3,(H2,44,53)(H,46,52)(H,50,51)(H,45,47,48). The molecule has 0 spiro atoms. The molecule has 0 fully saturated rings. The van der Waals surface area contributed by atoms with Gasteiger partial charge in [-0.2, -0.15) is 4.98 Å². The summed E-state index contributed by atoms with van der Waals surface area (Å²) in [6, 6.07) is 20.0. The van der Waals surface area contributed by atoms with Gasteiger partial charge in [-0.25, -0.2) is 9.78 Å². The number of methoxy groups -OCH3 is 3. The van der Waals surface area contributed by atoms with Crippen LogP contribution in [0.1, 0.15) is 36.7 Å². The van der Waals surface area contributed by atoms with E-state index in [2.05, 4.69) is 20.6 Å². The van der Waals surface area contributed by atoms with Gasteiger partial charge < -0.3 is 54.6 Å². The topological polar surface area (TPSA) is 215 Å². The fraction of sp³-hybridized carbons (Fsp3) is 0.326. The number of nitrogens with one attached hydrogen (secondary N) is 2. The minimum atomic E-state index is -1.23. The summed E-state index contributed by atoms with van der Waals surface area (Å²) in [4.78, 5) is 48.5. The number of hydrogen-bond donors (Lipinski definition) is 4. The van der Waals surface area contributed by atoms with Gasteiger partial charge in [0.1, 0.15) is 30.4 Å². The van der Waals surface area contributed by atoms with Crippen LogP contribution >= 0.6 is 0 Å². The quantitative estimate of drug-likeness (QED) is 0.0576. The lowest BCUT2D eigenvalue weighted by atomic mass is 9.85. The predicted octanol–water partition coefficient (Wildman–Crippen LogP) is 6.57. The van der Waals surface area contributed by atoms with Crippen molar-refractivity contribution in [2.24, 2.45) is 5.73 Å². The van der Waals surface area contributed by atoms with E-state index in [4.69, 9.17) is 38.9 Å². The second-order valence-corrected chi connectivity index (χ2v) is 14.1. The van der Waals surface area contributed by atoms with Crippen LogP contribution in [0.3, 0.4) is 0 Å². The number of carbonyl (C=O) groups is 3. The smallest absolute Gasteiger partial charge is 0.324 e. The van der Waals surface area contributed by atoms with E-state index in [1.807, 2.05) is 45.0 Å². The molecule has 0 unspecified atom stereocenters. The Kier molecular flexibility index (Phi) is 15.4. The fourth-order valence-electron chi connectivity index (χ4n) is 5.96. The second kappa shape index (κ2) is 20.8. The Hall–Kier alpha value is -6.69. The molecule has 0 saturated carbocycles. The molecule has 60 heavy (non-hydrogen) atoms. The molecule has 1 aromatic heterocycles. The zero-order valence-electron chi connectivity index (χ0n) is 34.4. The number of primary amides is 1. The molecule has 4 aromatic carbocycles. The molecule has 5 N–H and O–H groups in total. The number of carboxylic acid groups (broad SMARTS) is 1. The number of aromatic nitrogens is 2. The van der Waals surface area contributed by atoms with Gasteiger partial charge >= 0.3 is 12.0 Å². The molecule has 0 saturated heterocycles. The van der Waals surface area contributed by atoms with E-state index >= 15 is 0 Å². The van der Waals surface area contributed by atoms with E-state index in [1.54, 1.807) is 62.8 Å². The average Bonchev–Trinajstić information content (AvgIpc) is 3.21. The maximum atomic E-state index is 13.6. The van der Waals surface area contributed by atoms with E-state index in [0.29, 0.717) is 84.6 Å². The number of rotatable bonds is 21. The van der Waals surface area contributed by atoms with Gasteiger partial charge in [0.2, 0.25) is 11.8 Å². The highest BCUT2D eigenvalue weighted by atomic mass is 16.6. The van der Waals surface area contributed by atoms with Crippen molar-refractivity contribution < 1.29 is 52.6 Å². The number of nitrogens with zero attached hydrogens (tertiary/aromatic N) is 3. The number of carbonyl (C=O) groups excluding carboxylic acids is 2. The lowest BCUT2D eigenvalue weighted by molar-refractivity contribution is -0.135. The van der Waals surface area contributed by atoms with Crippen LogP contribution in [0.15, 0.2) is 79.0 Å². The Morgan fingerprint density at radius 1 is 0.800 bits per heavy atom. The van der Waals surface area contributed by atoms with Gasteiger partial charge in [-0.1, -0.05) is 45.0 Å². The summed E-state index contributed by atoms with van der Waals surface area (Å²) in [5.41, 5.74) is 7.35. The molecule has 0 aliphatic heterocycles. The van der Waals surface area contributed by atoms with Crippen molar-refractivity contribution in [1.29, 1.82) is 0 Å². The Balaban J connectivity index is 1.43. The summed E-state index contributed by atoms with van der Waals surface area (Å²) in [6.07, 6.45) is 1.52. The first kappa shape index (κ1) is 44.4. The van der Waals surface area contributed by atoms with Crippen molar-refractivity contribution >= 4 is 51.7 Å². The van der Waals surface area contributed by atoms with Crippen LogP contribution in [0.5, 0.6) is 28.9 Å². The average molecular weight is 827 g/mol. The summed E-state index contributed by atoms with van der Waals surface area (Å²) in [6.45, 7) is 7.73. The van der Waals surface area contributed by atoms with Crippen LogP contribution in [-0.4, -0.2) is 100 Å². The summed E-state index contributed by atoms with van der Waals surface area (Å²) < 4.78 is 39.4. The first-order chi connectivity index (χ1) is 28.8. The minimum absolute atomic E-state index is 0.00515. The normalized spacial score (nSPS) is 11.2. The van der Waals surface area contributed by atoms with E-state index < -0.39 is 29.9 Å². The minimum Gasteiger partial charge on any atom is -0.497 e. The van der Waals surface area contributed by atoms with Gasteiger partial charge in [-0.05, 0) is 34.6 Å². The van der Waals surface area contributed by atoms with Crippen molar-refractivity contribution in [1.82, 2.24) is 15.3 Å². The van der Waals surface area contributed by atoms with Crippen LogP contribution < -0.4 is 40.2 Å². The third-order valence-electron chi connectivity index (χ3n) is 8.82. The largest absolute Gasteiger partial charge is 0.497 e. The number of ether oxygens (including phenoxy) is 7. The van der Waals surface area contributed by atoms with Crippen molar-refractivity contribution in [2.75, 3.05) is 77.7 Å². The van der Waals surface area contributed by atoms with Crippen LogP contribution in [-0.2, 0) is 24.4 Å². The number of fused-ring (bicyclic) bond motifs is 1. The maximum Gasteiger partial charge on any atom is 0.324 e. The maximum absolute atomic E-state index is 13.6. The third-order valence-corrected chi connectivity index (χ3v) is 8.82. The van der Waals surface area contributed by atoms with Gasteiger partial charge in [0.05, 0.1) is 64.2 Å². The predicted molar refractivity (Wildman–Crippen MR) is 225 cm³/mol. The molecule has 5 aromatic rings. The Bertz CT molecular complexity index is 2280. The van der Waals surface area contributed by atoms with E-state index in [9.17, 15) is 19.5 Å². The number of nitrogens with two attached hydrogens (primary N) is 1. The first-order valence-electron chi connectivity index (χ1n) is 18.9. The molecule has 0 aliphatic carbocycles. The van der Waals surface area contributed by atoms with Crippen molar-refractivity contribution in [3.63, 3.8) is 0 Å². The van der Waals surface area contributed by atoms with Crippen molar-refractivity contribution in [3.05, 3.63) is 90.1 Å². The van der Waals surface area contributed by atoms with Crippen LogP contribution in [0, 0.1) is 0 Å². The van der Waals surface area contributed by atoms with E-state index in [-0.39, 0.29) is 28.8 Å². The molecule has 17 heteroatoms. The van der Waals surface area contributed by atoms with E-state index in [1.165, 1.54) is 18.2 Å². The lowest BCUT2D eigenvalue weighted by Crippen LogP contribution is -2.34. The molecular weight excluding hydrogens is 777 g/mol. The summed E-state index contributed by atoms with van der Waals surface area (Å²) in [5, 5.41) is 16.1. The molecule has 1 heterocycles. The molecule has 0 aliphatic rings. The van der Waals surface area contributed by atoms with Gasteiger partial charge in [-0.3, -0.25) is 14.5 Å². The highest BCUT2D eigenvalue weighted by molar-refractivity contribution is 6.10. The lowest BCUT2D eigenvalue weighted by Gasteiger charge is -2.29. The second-order valence-electron chi connectivity index (χ2n) is 14.1. The Labute approximate surface area is 347 Å². The summed E-state index contributed by atoms with van der Waals surface area (Å²) >= 11 is 0. The molecule has 0 atom stereocenters. The molecule has 5 rings (SSSR count). The molecule has 3 amide bonds. The van der Waals surface area contributed by atoms with Crippen LogP contribution in [0.25, 0.3) is 10.8 Å². The Morgan fingerprint density at radius 2 is 1.52 bits per heavy atom. The number of benzene rings is 4. The van der Waals surface area contributed by atoms with Crippen molar-refractivity contribution in [2.45, 2.75) is 26.2 Å². The first-order valence-corrected chi connectivity index (χ1v) is 18.9. The number of hydrogen-bond acceptors (Lipinski definition) is 13. The monoisotopic (exact) mass is 826 g/mol. The molecule has 17 nitrogen and oxygen atoms in total. The van der Waals surface area contributed by atoms with Gasteiger partial charge in [0.25, 0.3) is 5.91 Å². The zero-order chi connectivity index (χ0) is 43.2. The van der Waals surface area contributed by atoms with Gasteiger partial charge in [-0.15, -0.1) is 0 Å². The zero-order valence-corrected chi connectivity index (χ0v) is 34.4. The van der Waals surface area contributed by atoms with Crippen molar-refractivity contribution in [3.8, 4) is 28.9 Å².